The molecule has 3 aromatic rings. The van der Waals surface area contributed by atoms with Crippen molar-refractivity contribution in [1.29, 1.82) is 0 Å². The smallest absolute Gasteiger partial charge is 0.170 e. The number of hydrogen-bond donors (Lipinski definition) is 2. The predicted octanol–water partition coefficient (Wildman–Crippen LogP) is 2.23. The van der Waals surface area contributed by atoms with Crippen LogP contribution in [-0.2, 0) is 0 Å². The van der Waals surface area contributed by atoms with Crippen LogP contribution in [-0.4, -0.2) is 42.8 Å². The number of aliphatic hydroxyl groups is 1. The van der Waals surface area contributed by atoms with E-state index < -0.39 is 0 Å². The summed E-state index contributed by atoms with van der Waals surface area (Å²) in [5, 5.41) is 13.6. The molecule has 1 saturated heterocycles. The van der Waals surface area contributed by atoms with Crippen molar-refractivity contribution in [2.75, 3.05) is 13.2 Å². The molecule has 2 atom stereocenters. The highest BCUT2D eigenvalue weighted by molar-refractivity contribution is 7.80. The lowest BCUT2D eigenvalue weighted by Gasteiger charge is -2.28. The molecular formula is C19H19N5OS. The molecule has 3 aromatic heterocycles. The number of nitrogens with zero attached hydrogens (tertiary/aromatic N) is 4. The van der Waals surface area contributed by atoms with Crippen LogP contribution in [0.2, 0.25) is 0 Å². The van der Waals surface area contributed by atoms with Crippen LogP contribution < -0.4 is 5.32 Å². The first-order valence-electron chi connectivity index (χ1n) is 8.46. The Hall–Kier alpha value is -2.77. The maximum atomic E-state index is 9.54. The molecule has 7 heteroatoms. The Kier molecular flexibility index (Phi) is 4.64. The largest absolute Gasteiger partial charge is 0.395 e. The third kappa shape index (κ3) is 2.95. The highest BCUT2D eigenvalue weighted by atomic mass is 32.1. The fourth-order valence-electron chi connectivity index (χ4n) is 3.45. The first-order valence-corrected chi connectivity index (χ1v) is 8.87. The van der Waals surface area contributed by atoms with Gasteiger partial charge >= 0.3 is 0 Å². The van der Waals surface area contributed by atoms with Gasteiger partial charge < -0.3 is 19.9 Å². The minimum absolute atomic E-state index is 0.0310. The van der Waals surface area contributed by atoms with E-state index in [1.165, 1.54) is 0 Å². The normalized spacial score (nSPS) is 19.6. The van der Waals surface area contributed by atoms with Crippen LogP contribution in [0.15, 0.2) is 67.3 Å². The molecule has 1 aliphatic heterocycles. The van der Waals surface area contributed by atoms with Gasteiger partial charge in [-0.3, -0.25) is 9.97 Å². The molecule has 0 aromatic carbocycles. The number of hydrogen-bond acceptors (Lipinski definition) is 4. The molecule has 4 heterocycles. The Balaban J connectivity index is 1.81. The number of aromatic nitrogens is 3. The lowest BCUT2D eigenvalue weighted by atomic mass is 10.0. The zero-order valence-corrected chi connectivity index (χ0v) is 14.9. The molecule has 132 valence electrons. The van der Waals surface area contributed by atoms with Gasteiger partial charge in [-0.05, 0) is 48.6 Å². The number of rotatable bonds is 5. The number of thiocarbonyl (C=S) groups is 1. The molecule has 2 N–H and O–H groups in total. The summed E-state index contributed by atoms with van der Waals surface area (Å²) in [6, 6.07) is 13.7. The van der Waals surface area contributed by atoms with Crippen molar-refractivity contribution in [2.24, 2.45) is 0 Å². The summed E-state index contributed by atoms with van der Waals surface area (Å²) in [6.07, 6.45) is 7.36. The molecule has 0 bridgehead atoms. The molecule has 1 aliphatic rings. The van der Waals surface area contributed by atoms with Crippen molar-refractivity contribution in [3.05, 3.63) is 78.6 Å². The number of β-amino-alcohol motifs (C(OH)–C–C–N with tert-alkyl or cyclic N) is 1. The summed E-state index contributed by atoms with van der Waals surface area (Å²) >= 11 is 5.55. The van der Waals surface area contributed by atoms with Gasteiger partial charge in [0.2, 0.25) is 0 Å². The van der Waals surface area contributed by atoms with E-state index in [0.29, 0.717) is 11.7 Å². The van der Waals surface area contributed by atoms with Crippen molar-refractivity contribution >= 4 is 17.3 Å². The third-order valence-electron chi connectivity index (χ3n) is 4.56. The standard InChI is InChI=1S/C19H19N5OS/c25-13-12-24-18(17(22-19(24)26)15-4-1-2-8-21-15)16-5-3-11-23(16)14-6-9-20-10-7-14/h1-11,17-18,25H,12-13H2,(H,22,26). The molecule has 2 unspecified atom stereocenters. The quantitative estimate of drug-likeness (QED) is 0.676. The Bertz CT molecular complexity index is 883. The van der Waals surface area contributed by atoms with E-state index in [0.717, 1.165) is 17.1 Å². The monoisotopic (exact) mass is 365 g/mol. The highest BCUT2D eigenvalue weighted by Gasteiger charge is 2.40. The first-order chi connectivity index (χ1) is 12.8. The lowest BCUT2D eigenvalue weighted by Crippen LogP contribution is -2.32. The van der Waals surface area contributed by atoms with Crippen molar-refractivity contribution in [2.45, 2.75) is 12.1 Å². The van der Waals surface area contributed by atoms with Crippen molar-refractivity contribution in [1.82, 2.24) is 24.8 Å². The van der Waals surface area contributed by atoms with Crippen LogP contribution in [0.3, 0.4) is 0 Å². The minimum Gasteiger partial charge on any atom is -0.395 e. The maximum Gasteiger partial charge on any atom is 0.170 e. The zero-order valence-electron chi connectivity index (χ0n) is 14.1. The molecule has 6 nitrogen and oxygen atoms in total. The Labute approximate surface area is 157 Å². The van der Waals surface area contributed by atoms with Gasteiger partial charge in [0, 0.05) is 42.7 Å². The van der Waals surface area contributed by atoms with Crippen LogP contribution in [0, 0.1) is 0 Å². The fourth-order valence-corrected chi connectivity index (χ4v) is 3.78. The Morgan fingerprint density at radius 3 is 2.65 bits per heavy atom. The van der Waals surface area contributed by atoms with E-state index in [4.69, 9.17) is 12.2 Å². The van der Waals surface area contributed by atoms with E-state index in [1.54, 1.807) is 18.6 Å². The van der Waals surface area contributed by atoms with Gasteiger partial charge in [0.05, 0.1) is 24.4 Å². The average molecular weight is 365 g/mol. The molecule has 0 saturated carbocycles. The molecule has 26 heavy (non-hydrogen) atoms. The SMILES string of the molecule is OCCN1C(=S)NC(c2ccccn2)C1c1cccn1-c1ccncc1. The van der Waals surface area contributed by atoms with E-state index >= 15 is 0 Å². The fraction of sp³-hybridized carbons (Fsp3) is 0.211. The van der Waals surface area contributed by atoms with E-state index in [2.05, 4.69) is 25.9 Å². The summed E-state index contributed by atoms with van der Waals surface area (Å²) in [6.45, 7) is 0.491. The van der Waals surface area contributed by atoms with Crippen molar-refractivity contribution < 1.29 is 5.11 Å². The molecular weight excluding hydrogens is 346 g/mol. The van der Waals surface area contributed by atoms with Crippen molar-refractivity contribution in [3.63, 3.8) is 0 Å². The molecule has 0 radical (unpaired) electrons. The molecule has 4 rings (SSSR count). The molecule has 0 aliphatic carbocycles. The average Bonchev–Trinajstić information content (AvgIpc) is 3.28. The van der Waals surface area contributed by atoms with Gasteiger partial charge in [-0.25, -0.2) is 0 Å². The molecule has 1 fully saturated rings. The summed E-state index contributed by atoms with van der Waals surface area (Å²) in [7, 11) is 0. The molecule has 0 spiro atoms. The van der Waals surface area contributed by atoms with E-state index in [1.807, 2.05) is 47.5 Å². The third-order valence-corrected chi connectivity index (χ3v) is 4.92. The first kappa shape index (κ1) is 16.7. The molecule has 0 amide bonds. The van der Waals surface area contributed by atoms with Gasteiger partial charge in [-0.2, -0.15) is 0 Å². The number of nitrogens with one attached hydrogen (secondary N) is 1. The Morgan fingerprint density at radius 2 is 1.92 bits per heavy atom. The van der Waals surface area contributed by atoms with Crippen molar-refractivity contribution in [3.8, 4) is 5.69 Å². The number of pyridine rings is 2. The summed E-state index contributed by atoms with van der Waals surface area (Å²) in [5.74, 6) is 0. The van der Waals surface area contributed by atoms with Gasteiger partial charge in [0.15, 0.2) is 5.11 Å². The van der Waals surface area contributed by atoms with Gasteiger partial charge in [0.25, 0.3) is 0 Å². The van der Waals surface area contributed by atoms with Crippen LogP contribution in [0.1, 0.15) is 23.5 Å². The zero-order chi connectivity index (χ0) is 17.9. The summed E-state index contributed by atoms with van der Waals surface area (Å²) in [5.41, 5.74) is 3.02. The summed E-state index contributed by atoms with van der Waals surface area (Å²) < 4.78 is 2.13. The van der Waals surface area contributed by atoms with E-state index in [-0.39, 0.29) is 18.7 Å². The van der Waals surface area contributed by atoms with E-state index in [9.17, 15) is 5.11 Å². The lowest BCUT2D eigenvalue weighted by molar-refractivity contribution is 0.220. The second-order valence-corrected chi connectivity index (χ2v) is 6.44. The minimum atomic E-state index is -0.0919. The van der Waals surface area contributed by atoms with Gasteiger partial charge in [-0.15, -0.1) is 0 Å². The van der Waals surface area contributed by atoms with Crippen LogP contribution in [0.25, 0.3) is 5.69 Å². The van der Waals surface area contributed by atoms with Crippen LogP contribution in [0.4, 0.5) is 0 Å². The maximum absolute atomic E-state index is 9.54. The topological polar surface area (TPSA) is 66.2 Å². The second kappa shape index (κ2) is 7.23. The highest BCUT2D eigenvalue weighted by Crippen LogP contribution is 2.39. The second-order valence-electron chi connectivity index (χ2n) is 6.05. The predicted molar refractivity (Wildman–Crippen MR) is 103 cm³/mol. The number of aliphatic hydroxyl groups excluding tert-OH is 1. The van der Waals surface area contributed by atoms with Crippen LogP contribution >= 0.6 is 12.2 Å². The summed E-state index contributed by atoms with van der Waals surface area (Å²) in [4.78, 5) is 10.7. The van der Waals surface area contributed by atoms with Gasteiger partial charge in [-0.1, -0.05) is 6.07 Å². The van der Waals surface area contributed by atoms with Gasteiger partial charge in [0.1, 0.15) is 0 Å². The Morgan fingerprint density at radius 1 is 1.08 bits per heavy atom. The van der Waals surface area contributed by atoms with Crippen LogP contribution in [0.5, 0.6) is 0 Å².